The van der Waals surface area contributed by atoms with Crippen LogP contribution in [0.3, 0.4) is 0 Å². The summed E-state index contributed by atoms with van der Waals surface area (Å²) >= 11 is 12.3. The lowest BCUT2D eigenvalue weighted by Crippen LogP contribution is -2.53. The van der Waals surface area contributed by atoms with Crippen molar-refractivity contribution in [2.75, 3.05) is 6.61 Å². The number of carbonyl (C=O) groups is 2. The molecule has 7 heteroatoms. The SMILES string of the molecule is CC[C@@H](CO)N1C(=O)[C@@H](CC(=O)O)CC(c2cccc(Cl)c2)[C@H]1c1ccc(Cl)cc1. The number of likely N-dealkylation sites (tertiary alicyclic amines) is 1. The Kier molecular flexibility index (Phi) is 7.40. The van der Waals surface area contributed by atoms with Gasteiger partial charge in [-0.3, -0.25) is 9.59 Å². The van der Waals surface area contributed by atoms with Gasteiger partial charge in [-0.15, -0.1) is 0 Å². The van der Waals surface area contributed by atoms with Crippen molar-refractivity contribution in [3.63, 3.8) is 0 Å². The predicted octanol–water partition coefficient (Wildman–Crippen LogP) is 4.91. The minimum absolute atomic E-state index is 0.174. The largest absolute Gasteiger partial charge is 0.481 e. The lowest BCUT2D eigenvalue weighted by molar-refractivity contribution is -0.153. The summed E-state index contributed by atoms with van der Waals surface area (Å²) in [5, 5.41) is 20.6. The van der Waals surface area contributed by atoms with E-state index in [0.717, 1.165) is 11.1 Å². The lowest BCUT2D eigenvalue weighted by Gasteiger charge is -2.48. The summed E-state index contributed by atoms with van der Waals surface area (Å²) in [4.78, 5) is 26.6. The molecule has 0 bridgehead atoms. The van der Waals surface area contributed by atoms with Gasteiger partial charge in [0.25, 0.3) is 0 Å². The first-order chi connectivity index (χ1) is 14.3. The highest BCUT2D eigenvalue weighted by Crippen LogP contribution is 2.47. The van der Waals surface area contributed by atoms with E-state index in [-0.39, 0.29) is 30.9 Å². The van der Waals surface area contributed by atoms with Gasteiger partial charge in [-0.25, -0.2) is 0 Å². The Balaban J connectivity index is 2.16. The van der Waals surface area contributed by atoms with E-state index in [9.17, 15) is 19.8 Å². The van der Waals surface area contributed by atoms with Crippen LogP contribution in [0.25, 0.3) is 0 Å². The Bertz CT molecular complexity index is 898. The molecule has 1 saturated heterocycles. The van der Waals surface area contributed by atoms with E-state index in [1.807, 2.05) is 37.3 Å². The van der Waals surface area contributed by atoms with Crippen LogP contribution in [0.4, 0.5) is 0 Å². The van der Waals surface area contributed by atoms with Gasteiger partial charge in [-0.2, -0.15) is 0 Å². The van der Waals surface area contributed by atoms with Gasteiger partial charge in [0.1, 0.15) is 0 Å². The van der Waals surface area contributed by atoms with Crippen LogP contribution in [0, 0.1) is 5.92 Å². The third kappa shape index (κ3) is 4.80. The first kappa shape index (κ1) is 22.6. The highest BCUT2D eigenvalue weighted by Gasteiger charge is 2.45. The number of carboxylic acids is 1. The second kappa shape index (κ2) is 9.82. The van der Waals surface area contributed by atoms with E-state index in [1.165, 1.54) is 0 Å². The molecule has 2 aromatic carbocycles. The summed E-state index contributed by atoms with van der Waals surface area (Å²) in [7, 11) is 0. The minimum atomic E-state index is -1.01. The first-order valence-corrected chi connectivity index (χ1v) is 10.8. The van der Waals surface area contributed by atoms with Crippen molar-refractivity contribution < 1.29 is 19.8 Å². The smallest absolute Gasteiger partial charge is 0.304 e. The third-order valence-corrected chi connectivity index (χ3v) is 6.29. The Morgan fingerprint density at radius 1 is 1.13 bits per heavy atom. The zero-order chi connectivity index (χ0) is 21.8. The zero-order valence-electron chi connectivity index (χ0n) is 16.7. The number of aliphatic hydroxyl groups is 1. The normalized spacial score (nSPS) is 22.7. The highest BCUT2D eigenvalue weighted by molar-refractivity contribution is 6.30. The highest BCUT2D eigenvalue weighted by atomic mass is 35.5. The fraction of sp³-hybridized carbons (Fsp3) is 0.391. The van der Waals surface area contributed by atoms with Crippen molar-refractivity contribution in [3.05, 3.63) is 69.7 Å². The predicted molar refractivity (Wildman–Crippen MR) is 117 cm³/mol. The van der Waals surface area contributed by atoms with Gasteiger partial charge in [0, 0.05) is 21.9 Å². The molecule has 1 amide bonds. The van der Waals surface area contributed by atoms with Gasteiger partial charge >= 0.3 is 5.97 Å². The van der Waals surface area contributed by atoms with Crippen molar-refractivity contribution >= 4 is 35.1 Å². The van der Waals surface area contributed by atoms with E-state index < -0.39 is 17.9 Å². The quantitative estimate of drug-likeness (QED) is 0.628. The molecule has 2 aromatic rings. The second-order valence-electron chi connectivity index (χ2n) is 7.68. The molecule has 160 valence electrons. The molecule has 5 nitrogen and oxygen atoms in total. The summed E-state index contributed by atoms with van der Waals surface area (Å²) in [6, 6.07) is 14.0. The number of benzene rings is 2. The number of piperidine rings is 1. The van der Waals surface area contributed by atoms with E-state index in [0.29, 0.717) is 22.9 Å². The summed E-state index contributed by atoms with van der Waals surface area (Å²) in [6.45, 7) is 1.71. The monoisotopic (exact) mass is 449 g/mol. The third-order valence-electron chi connectivity index (χ3n) is 5.81. The van der Waals surface area contributed by atoms with Crippen molar-refractivity contribution in [2.24, 2.45) is 5.92 Å². The van der Waals surface area contributed by atoms with E-state index in [4.69, 9.17) is 23.2 Å². The molecular formula is C23H25Cl2NO4. The van der Waals surface area contributed by atoms with Crippen molar-refractivity contribution in [1.82, 2.24) is 4.90 Å². The number of amides is 1. The number of halogens is 2. The Morgan fingerprint density at radius 3 is 2.40 bits per heavy atom. The first-order valence-electron chi connectivity index (χ1n) is 10.0. The Hall–Kier alpha value is -2.08. The number of aliphatic carboxylic acids is 1. The second-order valence-corrected chi connectivity index (χ2v) is 8.55. The van der Waals surface area contributed by atoms with Crippen LogP contribution in [0.2, 0.25) is 10.0 Å². The van der Waals surface area contributed by atoms with Gasteiger partial charge in [0.2, 0.25) is 5.91 Å². The van der Waals surface area contributed by atoms with Gasteiger partial charge in [0.15, 0.2) is 0 Å². The van der Waals surface area contributed by atoms with Crippen LogP contribution >= 0.6 is 23.2 Å². The number of carbonyl (C=O) groups excluding carboxylic acids is 1. The maximum atomic E-state index is 13.4. The molecule has 0 saturated carbocycles. The average molecular weight is 450 g/mol. The molecule has 1 aliphatic heterocycles. The molecule has 3 rings (SSSR count). The summed E-state index contributed by atoms with van der Waals surface area (Å²) in [5.74, 6) is -2.10. The molecule has 4 atom stereocenters. The van der Waals surface area contributed by atoms with Crippen LogP contribution in [-0.2, 0) is 9.59 Å². The summed E-state index contributed by atoms with van der Waals surface area (Å²) < 4.78 is 0. The number of nitrogens with zero attached hydrogens (tertiary/aromatic N) is 1. The Labute approximate surface area is 186 Å². The number of carboxylic acid groups (broad SMARTS) is 1. The van der Waals surface area contributed by atoms with E-state index in [2.05, 4.69) is 0 Å². The molecule has 1 heterocycles. The molecule has 0 aliphatic carbocycles. The van der Waals surface area contributed by atoms with E-state index >= 15 is 0 Å². The maximum Gasteiger partial charge on any atom is 0.304 e. The van der Waals surface area contributed by atoms with Crippen LogP contribution in [0.15, 0.2) is 48.5 Å². The molecule has 30 heavy (non-hydrogen) atoms. The van der Waals surface area contributed by atoms with E-state index in [1.54, 1.807) is 23.1 Å². The van der Waals surface area contributed by atoms with Crippen molar-refractivity contribution in [2.45, 2.75) is 44.2 Å². The molecule has 0 spiro atoms. The number of rotatable bonds is 7. The van der Waals surface area contributed by atoms with Crippen molar-refractivity contribution in [3.8, 4) is 0 Å². The summed E-state index contributed by atoms with van der Waals surface area (Å²) in [5.41, 5.74) is 1.82. The van der Waals surface area contributed by atoms with Crippen LogP contribution in [0.5, 0.6) is 0 Å². The average Bonchev–Trinajstić information content (AvgIpc) is 2.71. The van der Waals surface area contributed by atoms with Crippen LogP contribution in [0.1, 0.15) is 49.3 Å². The number of hydrogen-bond acceptors (Lipinski definition) is 3. The maximum absolute atomic E-state index is 13.4. The van der Waals surface area contributed by atoms with Gasteiger partial charge in [-0.1, -0.05) is 54.4 Å². The van der Waals surface area contributed by atoms with Gasteiger partial charge in [0.05, 0.1) is 25.1 Å². The standard InChI is InChI=1S/C23H25Cl2NO4/c1-2-19(13-27)26-22(14-6-8-17(24)9-7-14)20(15-4-3-5-18(25)10-15)11-16(23(26)30)12-21(28)29/h3-10,16,19-20,22,27H,2,11-13H2,1H3,(H,28,29)/t16-,19+,20?,22-/m1/s1. The van der Waals surface area contributed by atoms with Crippen LogP contribution in [-0.4, -0.2) is 39.6 Å². The Morgan fingerprint density at radius 2 is 1.83 bits per heavy atom. The molecule has 0 aromatic heterocycles. The summed E-state index contributed by atoms with van der Waals surface area (Å²) in [6.07, 6.45) is 0.688. The molecule has 2 N–H and O–H groups in total. The molecule has 1 fully saturated rings. The number of hydrogen-bond donors (Lipinski definition) is 2. The minimum Gasteiger partial charge on any atom is -0.481 e. The lowest BCUT2D eigenvalue weighted by atomic mass is 9.74. The molecule has 0 radical (unpaired) electrons. The number of aliphatic hydroxyl groups excluding tert-OH is 1. The van der Waals surface area contributed by atoms with Crippen molar-refractivity contribution in [1.29, 1.82) is 0 Å². The molecule has 1 unspecified atom stereocenters. The topological polar surface area (TPSA) is 77.8 Å². The zero-order valence-corrected chi connectivity index (χ0v) is 18.2. The van der Waals surface area contributed by atoms with Crippen LogP contribution < -0.4 is 0 Å². The fourth-order valence-electron chi connectivity index (χ4n) is 4.39. The molecule has 1 aliphatic rings. The molecular weight excluding hydrogens is 425 g/mol. The fourth-order valence-corrected chi connectivity index (χ4v) is 4.71. The van der Waals surface area contributed by atoms with Gasteiger partial charge < -0.3 is 15.1 Å². The van der Waals surface area contributed by atoms with Gasteiger partial charge in [-0.05, 0) is 48.2 Å².